The molecular formula is C13H27N3. The molecule has 2 fully saturated rings. The number of nitrogens with one attached hydrogen (secondary N) is 1. The van der Waals surface area contributed by atoms with Crippen molar-refractivity contribution in [2.75, 3.05) is 45.8 Å². The maximum atomic E-state index is 3.48. The first kappa shape index (κ1) is 12.3. The Bertz CT molecular complexity index is 196. The first-order valence-electron chi connectivity index (χ1n) is 7.07. The highest BCUT2D eigenvalue weighted by Crippen LogP contribution is 2.21. The van der Waals surface area contributed by atoms with Crippen molar-refractivity contribution >= 4 is 0 Å². The van der Waals surface area contributed by atoms with Crippen LogP contribution in [0.15, 0.2) is 0 Å². The Balaban J connectivity index is 1.56. The molecule has 0 spiro atoms. The monoisotopic (exact) mass is 225 g/mol. The summed E-state index contributed by atoms with van der Waals surface area (Å²) in [6.07, 6.45) is 5.43. The van der Waals surface area contributed by atoms with E-state index >= 15 is 0 Å². The number of rotatable bonds is 6. The van der Waals surface area contributed by atoms with Gasteiger partial charge in [0.1, 0.15) is 0 Å². The third kappa shape index (κ3) is 3.44. The summed E-state index contributed by atoms with van der Waals surface area (Å²) < 4.78 is 0. The summed E-state index contributed by atoms with van der Waals surface area (Å²) in [6, 6.07) is 0.886. The lowest BCUT2D eigenvalue weighted by atomic mass is 10.1. The Hall–Kier alpha value is -0.120. The zero-order chi connectivity index (χ0) is 11.2. The number of nitrogens with zero attached hydrogens (tertiary/aromatic N) is 2. The largest absolute Gasteiger partial charge is 0.317 e. The molecule has 1 unspecified atom stereocenters. The van der Waals surface area contributed by atoms with E-state index in [1.165, 1.54) is 71.5 Å². The minimum atomic E-state index is 0.886. The highest BCUT2D eigenvalue weighted by Gasteiger charge is 2.29. The predicted molar refractivity (Wildman–Crippen MR) is 68.8 cm³/mol. The maximum Gasteiger partial charge on any atom is 0.0224 e. The van der Waals surface area contributed by atoms with Crippen molar-refractivity contribution in [3.63, 3.8) is 0 Å². The lowest BCUT2D eigenvalue weighted by Gasteiger charge is -2.37. The lowest BCUT2D eigenvalue weighted by molar-refractivity contribution is 0.104. The van der Waals surface area contributed by atoms with E-state index in [2.05, 4.69) is 22.0 Å². The van der Waals surface area contributed by atoms with Crippen LogP contribution in [0, 0.1) is 0 Å². The molecule has 0 amide bonds. The quantitative estimate of drug-likeness (QED) is 0.684. The average molecular weight is 225 g/mol. The fraction of sp³-hybridized carbons (Fsp3) is 1.00. The summed E-state index contributed by atoms with van der Waals surface area (Å²) in [5.41, 5.74) is 0. The van der Waals surface area contributed by atoms with Gasteiger partial charge in [0.05, 0.1) is 0 Å². The molecule has 2 rings (SSSR count). The van der Waals surface area contributed by atoms with Crippen LogP contribution in [0.3, 0.4) is 0 Å². The summed E-state index contributed by atoms with van der Waals surface area (Å²) in [5.74, 6) is 0. The first-order valence-corrected chi connectivity index (χ1v) is 7.07. The fourth-order valence-electron chi connectivity index (χ4n) is 2.99. The van der Waals surface area contributed by atoms with Crippen LogP contribution in [0.2, 0.25) is 0 Å². The molecule has 2 aliphatic rings. The fourth-order valence-corrected chi connectivity index (χ4v) is 2.99. The van der Waals surface area contributed by atoms with E-state index in [9.17, 15) is 0 Å². The lowest BCUT2D eigenvalue weighted by Crippen LogP contribution is -2.50. The van der Waals surface area contributed by atoms with E-state index in [0.29, 0.717) is 0 Å². The van der Waals surface area contributed by atoms with Gasteiger partial charge in [-0.3, -0.25) is 4.90 Å². The number of fused-ring (bicyclic) bond motifs is 1. The topological polar surface area (TPSA) is 18.5 Å². The first-order chi connectivity index (χ1) is 7.90. The molecule has 0 aliphatic carbocycles. The molecular weight excluding hydrogens is 198 g/mol. The van der Waals surface area contributed by atoms with E-state index in [1.54, 1.807) is 0 Å². The van der Waals surface area contributed by atoms with Crippen LogP contribution in [0.4, 0.5) is 0 Å². The SMILES string of the molecule is CCCNCCCN1CCN2CCCC2C1. The van der Waals surface area contributed by atoms with Gasteiger partial charge < -0.3 is 10.2 Å². The van der Waals surface area contributed by atoms with Gasteiger partial charge >= 0.3 is 0 Å². The smallest absolute Gasteiger partial charge is 0.0224 e. The third-order valence-corrected chi connectivity index (χ3v) is 3.93. The van der Waals surface area contributed by atoms with Crippen LogP contribution in [0.1, 0.15) is 32.6 Å². The average Bonchev–Trinajstić information content (AvgIpc) is 2.76. The van der Waals surface area contributed by atoms with Crippen LogP contribution in [-0.2, 0) is 0 Å². The predicted octanol–water partition coefficient (Wildman–Crippen LogP) is 1.16. The molecule has 0 radical (unpaired) electrons. The van der Waals surface area contributed by atoms with Crippen molar-refractivity contribution in [3.8, 4) is 0 Å². The van der Waals surface area contributed by atoms with Crippen LogP contribution >= 0.6 is 0 Å². The standard InChI is InChI=1S/C13H27N3/c1-2-6-14-7-4-8-15-10-11-16-9-3-5-13(16)12-15/h13-14H,2-12H2,1H3. The van der Waals surface area contributed by atoms with Crippen molar-refractivity contribution < 1.29 is 0 Å². The molecule has 2 saturated heterocycles. The van der Waals surface area contributed by atoms with Gasteiger partial charge in [-0.2, -0.15) is 0 Å². The second-order valence-electron chi connectivity index (χ2n) is 5.24. The van der Waals surface area contributed by atoms with Crippen LogP contribution in [-0.4, -0.2) is 61.7 Å². The molecule has 2 aliphatic heterocycles. The second-order valence-corrected chi connectivity index (χ2v) is 5.24. The molecule has 3 nitrogen and oxygen atoms in total. The molecule has 16 heavy (non-hydrogen) atoms. The summed E-state index contributed by atoms with van der Waals surface area (Å²) >= 11 is 0. The summed E-state index contributed by atoms with van der Waals surface area (Å²) in [4.78, 5) is 5.35. The van der Waals surface area contributed by atoms with E-state index < -0.39 is 0 Å². The Kier molecular flexibility index (Phi) is 5.07. The number of hydrogen-bond acceptors (Lipinski definition) is 3. The number of hydrogen-bond donors (Lipinski definition) is 1. The van der Waals surface area contributed by atoms with Crippen LogP contribution in [0.5, 0.6) is 0 Å². The van der Waals surface area contributed by atoms with Crippen LogP contribution < -0.4 is 5.32 Å². The molecule has 0 aromatic rings. The zero-order valence-corrected chi connectivity index (χ0v) is 10.7. The third-order valence-electron chi connectivity index (χ3n) is 3.93. The maximum absolute atomic E-state index is 3.48. The van der Waals surface area contributed by atoms with Crippen LogP contribution in [0.25, 0.3) is 0 Å². The Morgan fingerprint density at radius 3 is 3.00 bits per heavy atom. The van der Waals surface area contributed by atoms with Gasteiger partial charge in [0, 0.05) is 25.7 Å². The Morgan fingerprint density at radius 2 is 2.12 bits per heavy atom. The minimum absolute atomic E-state index is 0.886. The van der Waals surface area contributed by atoms with Gasteiger partial charge in [0.2, 0.25) is 0 Å². The molecule has 0 aromatic carbocycles. The van der Waals surface area contributed by atoms with Gasteiger partial charge in [-0.25, -0.2) is 0 Å². The normalized spacial score (nSPS) is 27.2. The van der Waals surface area contributed by atoms with Crippen molar-refractivity contribution in [3.05, 3.63) is 0 Å². The Labute approximate surface area is 100 Å². The minimum Gasteiger partial charge on any atom is -0.317 e. The molecule has 0 saturated carbocycles. The highest BCUT2D eigenvalue weighted by atomic mass is 15.3. The van der Waals surface area contributed by atoms with Gasteiger partial charge in [0.25, 0.3) is 0 Å². The molecule has 0 aromatic heterocycles. The molecule has 1 atom stereocenters. The molecule has 3 heteroatoms. The van der Waals surface area contributed by atoms with Crippen molar-refractivity contribution in [1.82, 2.24) is 15.1 Å². The van der Waals surface area contributed by atoms with E-state index in [-0.39, 0.29) is 0 Å². The van der Waals surface area contributed by atoms with Crippen molar-refractivity contribution in [2.45, 2.75) is 38.6 Å². The van der Waals surface area contributed by atoms with Gasteiger partial charge in [0.15, 0.2) is 0 Å². The number of piperazine rings is 1. The van der Waals surface area contributed by atoms with E-state index in [1.807, 2.05) is 0 Å². The van der Waals surface area contributed by atoms with Crippen molar-refractivity contribution in [1.29, 1.82) is 0 Å². The van der Waals surface area contributed by atoms with Gasteiger partial charge in [-0.05, 0) is 51.9 Å². The van der Waals surface area contributed by atoms with Gasteiger partial charge in [-0.1, -0.05) is 6.92 Å². The van der Waals surface area contributed by atoms with Gasteiger partial charge in [-0.15, -0.1) is 0 Å². The van der Waals surface area contributed by atoms with Crippen molar-refractivity contribution in [2.24, 2.45) is 0 Å². The molecule has 0 bridgehead atoms. The van der Waals surface area contributed by atoms with E-state index in [4.69, 9.17) is 0 Å². The summed E-state index contributed by atoms with van der Waals surface area (Å²) in [7, 11) is 0. The molecule has 1 N–H and O–H groups in total. The highest BCUT2D eigenvalue weighted by molar-refractivity contribution is 4.86. The summed E-state index contributed by atoms with van der Waals surface area (Å²) in [5, 5.41) is 3.48. The van der Waals surface area contributed by atoms with E-state index in [0.717, 1.165) is 6.04 Å². The molecule has 94 valence electrons. The zero-order valence-electron chi connectivity index (χ0n) is 10.7. The Morgan fingerprint density at radius 1 is 1.19 bits per heavy atom. The molecule has 2 heterocycles. The second kappa shape index (κ2) is 6.58. The summed E-state index contributed by atoms with van der Waals surface area (Å²) in [6.45, 7) is 11.2.